The maximum absolute atomic E-state index is 4.11. The Balaban J connectivity index is 2.87. The highest BCUT2D eigenvalue weighted by atomic mass is 14.4. The summed E-state index contributed by atoms with van der Waals surface area (Å²) in [6.45, 7) is 13.2. The van der Waals surface area contributed by atoms with E-state index in [2.05, 4.69) is 40.7 Å². The highest BCUT2D eigenvalue weighted by Gasteiger charge is 2.36. The summed E-state index contributed by atoms with van der Waals surface area (Å²) in [7, 11) is 0. The Morgan fingerprint density at radius 1 is 1.50 bits per heavy atom. The van der Waals surface area contributed by atoms with Crippen LogP contribution in [0.5, 0.6) is 0 Å². The fourth-order valence-electron chi connectivity index (χ4n) is 1.58. The average Bonchev–Trinajstić information content (AvgIpc) is 1.97. The molecule has 0 heterocycles. The minimum absolute atomic E-state index is 0.379. The van der Waals surface area contributed by atoms with E-state index >= 15 is 0 Å². The highest BCUT2D eigenvalue weighted by Crippen LogP contribution is 2.45. The standard InChI is InChI=1S/C10H17/c1-7-6-8(2)10(4,5)9(7)3/h6,8-9H,2H2,1,3-5H3. The van der Waals surface area contributed by atoms with Crippen LogP contribution in [0.1, 0.15) is 27.7 Å². The fraction of sp³-hybridized carbons (Fsp3) is 0.700. The zero-order valence-electron chi connectivity index (χ0n) is 7.44. The Kier molecular flexibility index (Phi) is 1.66. The zero-order valence-corrected chi connectivity index (χ0v) is 7.44. The maximum atomic E-state index is 4.11. The van der Waals surface area contributed by atoms with Crippen molar-refractivity contribution in [3.63, 3.8) is 0 Å². The molecule has 0 aliphatic heterocycles. The van der Waals surface area contributed by atoms with Crippen molar-refractivity contribution in [1.82, 2.24) is 0 Å². The van der Waals surface area contributed by atoms with Gasteiger partial charge in [-0.1, -0.05) is 32.4 Å². The molecule has 1 aliphatic carbocycles. The van der Waals surface area contributed by atoms with E-state index in [-0.39, 0.29) is 0 Å². The van der Waals surface area contributed by atoms with Crippen molar-refractivity contribution in [2.45, 2.75) is 27.7 Å². The Bertz CT molecular complexity index is 163. The van der Waals surface area contributed by atoms with Gasteiger partial charge in [0.2, 0.25) is 0 Å². The van der Waals surface area contributed by atoms with Crippen LogP contribution >= 0.6 is 0 Å². The van der Waals surface area contributed by atoms with Crippen molar-refractivity contribution in [2.75, 3.05) is 0 Å². The van der Waals surface area contributed by atoms with Crippen molar-refractivity contribution in [3.05, 3.63) is 18.6 Å². The van der Waals surface area contributed by atoms with Gasteiger partial charge in [0, 0.05) is 0 Å². The van der Waals surface area contributed by atoms with Crippen LogP contribution in [0.4, 0.5) is 0 Å². The molecule has 2 atom stereocenters. The summed E-state index contributed by atoms with van der Waals surface area (Å²) >= 11 is 0. The third-order valence-electron chi connectivity index (χ3n) is 3.22. The van der Waals surface area contributed by atoms with Gasteiger partial charge >= 0.3 is 0 Å². The fourth-order valence-corrected chi connectivity index (χ4v) is 1.58. The topological polar surface area (TPSA) is 0 Å². The summed E-state index contributed by atoms with van der Waals surface area (Å²) in [5.41, 5.74) is 1.88. The minimum atomic E-state index is 0.379. The molecule has 0 aromatic rings. The molecular formula is C10H17. The number of rotatable bonds is 0. The molecule has 2 unspecified atom stereocenters. The molecule has 0 saturated heterocycles. The van der Waals surface area contributed by atoms with Gasteiger partial charge in [0.15, 0.2) is 0 Å². The first-order chi connectivity index (χ1) is 4.46. The van der Waals surface area contributed by atoms with Gasteiger partial charge < -0.3 is 0 Å². The number of allylic oxidation sites excluding steroid dienone is 2. The van der Waals surface area contributed by atoms with E-state index < -0.39 is 0 Å². The molecule has 0 heteroatoms. The van der Waals surface area contributed by atoms with Crippen LogP contribution in [-0.4, -0.2) is 0 Å². The van der Waals surface area contributed by atoms with Crippen LogP contribution < -0.4 is 0 Å². The van der Waals surface area contributed by atoms with Crippen molar-refractivity contribution in [2.24, 2.45) is 17.3 Å². The maximum Gasteiger partial charge on any atom is -0.0174 e. The number of hydrogen-bond acceptors (Lipinski definition) is 0. The van der Waals surface area contributed by atoms with Gasteiger partial charge in [-0.05, 0) is 31.1 Å². The lowest BCUT2D eigenvalue weighted by molar-refractivity contribution is 0.243. The molecule has 0 fully saturated rings. The van der Waals surface area contributed by atoms with Gasteiger partial charge in [-0.2, -0.15) is 0 Å². The quantitative estimate of drug-likeness (QED) is 0.450. The molecule has 1 aliphatic rings. The molecule has 0 saturated carbocycles. The molecule has 1 radical (unpaired) electrons. The van der Waals surface area contributed by atoms with Crippen molar-refractivity contribution in [1.29, 1.82) is 0 Å². The molecule has 0 aromatic heterocycles. The predicted molar refractivity (Wildman–Crippen MR) is 45.5 cm³/mol. The van der Waals surface area contributed by atoms with E-state index in [0.717, 1.165) is 0 Å². The minimum Gasteiger partial charge on any atom is -0.0816 e. The summed E-state index contributed by atoms with van der Waals surface area (Å²) in [4.78, 5) is 0. The monoisotopic (exact) mass is 137 g/mol. The van der Waals surface area contributed by atoms with E-state index in [1.165, 1.54) is 5.57 Å². The molecule has 0 nitrogen and oxygen atoms in total. The molecule has 1 rings (SSSR count). The Morgan fingerprint density at radius 2 is 2.00 bits per heavy atom. The lowest BCUT2D eigenvalue weighted by atomic mass is 9.75. The molecule has 0 N–H and O–H groups in total. The Hall–Kier alpha value is -0.260. The van der Waals surface area contributed by atoms with Gasteiger partial charge in [-0.3, -0.25) is 0 Å². The summed E-state index contributed by atoms with van der Waals surface area (Å²) in [6.07, 6.45) is 2.30. The van der Waals surface area contributed by atoms with Gasteiger partial charge in [-0.25, -0.2) is 0 Å². The molecule has 57 valence electrons. The predicted octanol–water partition coefficient (Wildman–Crippen LogP) is 3.06. The molecule has 0 spiro atoms. The molecular weight excluding hydrogens is 120 g/mol. The zero-order chi connectivity index (χ0) is 7.94. The molecule has 0 bridgehead atoms. The van der Waals surface area contributed by atoms with E-state index in [1.54, 1.807) is 0 Å². The van der Waals surface area contributed by atoms with Crippen molar-refractivity contribution < 1.29 is 0 Å². The van der Waals surface area contributed by atoms with Gasteiger partial charge in [-0.15, -0.1) is 0 Å². The van der Waals surface area contributed by atoms with Crippen LogP contribution in [0, 0.1) is 24.2 Å². The average molecular weight is 137 g/mol. The summed E-state index contributed by atoms with van der Waals surface area (Å²) in [5, 5.41) is 0. The molecule has 0 aromatic carbocycles. The van der Waals surface area contributed by atoms with E-state index in [4.69, 9.17) is 0 Å². The first kappa shape index (κ1) is 7.84. The van der Waals surface area contributed by atoms with E-state index in [0.29, 0.717) is 17.3 Å². The van der Waals surface area contributed by atoms with Crippen LogP contribution in [0.25, 0.3) is 0 Å². The first-order valence-electron chi connectivity index (χ1n) is 3.97. The van der Waals surface area contributed by atoms with Gasteiger partial charge in [0.25, 0.3) is 0 Å². The third kappa shape index (κ3) is 0.902. The second-order valence-corrected chi connectivity index (χ2v) is 4.06. The Morgan fingerprint density at radius 3 is 2.10 bits per heavy atom. The SMILES string of the molecule is [CH2]C1C=C(C)C(C)C1(C)C. The Labute approximate surface area is 64.3 Å². The first-order valence-corrected chi connectivity index (χ1v) is 3.97. The van der Waals surface area contributed by atoms with Crippen LogP contribution in [0.2, 0.25) is 0 Å². The summed E-state index contributed by atoms with van der Waals surface area (Å²) in [6, 6.07) is 0. The van der Waals surface area contributed by atoms with Crippen LogP contribution in [0.3, 0.4) is 0 Å². The third-order valence-corrected chi connectivity index (χ3v) is 3.22. The second kappa shape index (κ2) is 2.11. The van der Waals surface area contributed by atoms with Gasteiger partial charge in [0.1, 0.15) is 0 Å². The smallest absolute Gasteiger partial charge is 0.0174 e. The highest BCUT2D eigenvalue weighted by molar-refractivity contribution is 5.19. The normalized spacial score (nSPS) is 37.9. The van der Waals surface area contributed by atoms with E-state index in [1.807, 2.05) is 0 Å². The van der Waals surface area contributed by atoms with E-state index in [9.17, 15) is 0 Å². The molecule has 10 heavy (non-hydrogen) atoms. The largest absolute Gasteiger partial charge is 0.0816 e. The van der Waals surface area contributed by atoms with Crippen LogP contribution in [-0.2, 0) is 0 Å². The van der Waals surface area contributed by atoms with Gasteiger partial charge in [0.05, 0.1) is 0 Å². The summed E-state index contributed by atoms with van der Waals surface area (Å²) in [5.74, 6) is 1.21. The van der Waals surface area contributed by atoms with Crippen molar-refractivity contribution >= 4 is 0 Å². The van der Waals surface area contributed by atoms with Crippen LogP contribution in [0.15, 0.2) is 11.6 Å². The lowest BCUT2D eigenvalue weighted by Crippen LogP contribution is -2.23. The van der Waals surface area contributed by atoms with Crippen molar-refractivity contribution in [3.8, 4) is 0 Å². The summed E-state index contributed by atoms with van der Waals surface area (Å²) < 4.78 is 0. The number of hydrogen-bond donors (Lipinski definition) is 0. The molecule has 0 amide bonds. The second-order valence-electron chi connectivity index (χ2n) is 4.06. The lowest BCUT2D eigenvalue weighted by Gasteiger charge is -2.29.